The van der Waals surface area contributed by atoms with Gasteiger partial charge in [-0.1, -0.05) is 84.1 Å². The molecule has 0 bridgehead atoms. The highest BCUT2D eigenvalue weighted by Crippen LogP contribution is 2.33. The monoisotopic (exact) mass is 502 g/mol. The maximum absolute atomic E-state index is 12.9. The third-order valence-electron chi connectivity index (χ3n) is 5.98. The number of rotatable bonds is 7. The van der Waals surface area contributed by atoms with E-state index in [1.54, 1.807) is 23.9 Å². The number of amides is 1. The van der Waals surface area contributed by atoms with Crippen LogP contribution >= 0.6 is 35.0 Å². The lowest BCUT2D eigenvalue weighted by atomic mass is 9.88. The molecule has 0 radical (unpaired) electrons. The van der Waals surface area contributed by atoms with Crippen LogP contribution in [0.5, 0.6) is 0 Å². The second kappa shape index (κ2) is 10.9. The minimum Gasteiger partial charge on any atom is -0.346 e. The molecule has 1 amide bonds. The third kappa shape index (κ3) is 5.92. The Kier molecular flexibility index (Phi) is 7.99. The average molecular weight is 503 g/mol. The molecule has 1 atom stereocenters. The van der Waals surface area contributed by atoms with E-state index in [-0.39, 0.29) is 17.9 Å². The molecule has 1 heterocycles. The summed E-state index contributed by atoms with van der Waals surface area (Å²) in [6.07, 6.45) is 5.34. The van der Waals surface area contributed by atoms with Crippen molar-refractivity contribution in [1.82, 2.24) is 20.1 Å². The molecule has 1 aromatic heterocycles. The second-order valence-electron chi connectivity index (χ2n) is 8.61. The summed E-state index contributed by atoms with van der Waals surface area (Å²) in [5, 5.41) is 13.9. The van der Waals surface area contributed by atoms with E-state index in [4.69, 9.17) is 23.2 Å². The molecule has 0 spiro atoms. The van der Waals surface area contributed by atoms with Crippen LogP contribution in [0.4, 0.5) is 0 Å². The highest BCUT2D eigenvalue weighted by atomic mass is 35.5. The Labute approximate surface area is 209 Å². The summed E-state index contributed by atoms with van der Waals surface area (Å²) in [6.45, 7) is 4.03. The number of halogens is 2. The van der Waals surface area contributed by atoms with Gasteiger partial charge in [-0.15, -0.1) is 10.2 Å². The molecular formula is C25H28Cl2N4OS. The topological polar surface area (TPSA) is 59.8 Å². The van der Waals surface area contributed by atoms with Crippen molar-refractivity contribution >= 4 is 40.9 Å². The Bertz CT molecular complexity index is 1130. The molecule has 2 aromatic carbocycles. The fraction of sp³-hybridized carbons (Fsp3) is 0.400. The number of aromatic nitrogens is 3. The van der Waals surface area contributed by atoms with Crippen LogP contribution in [0.2, 0.25) is 10.0 Å². The molecule has 5 nitrogen and oxygen atoms in total. The molecule has 1 N–H and O–H groups in total. The van der Waals surface area contributed by atoms with E-state index in [2.05, 4.69) is 46.7 Å². The van der Waals surface area contributed by atoms with E-state index in [0.29, 0.717) is 15.9 Å². The number of nitrogens with one attached hydrogen (secondary N) is 1. The summed E-state index contributed by atoms with van der Waals surface area (Å²) in [5.74, 6) is 1.56. The van der Waals surface area contributed by atoms with E-state index in [9.17, 15) is 4.79 Å². The molecule has 1 aliphatic carbocycles. The van der Waals surface area contributed by atoms with Crippen LogP contribution in [0, 0.1) is 12.8 Å². The van der Waals surface area contributed by atoms with Gasteiger partial charge in [0.1, 0.15) is 0 Å². The van der Waals surface area contributed by atoms with Gasteiger partial charge in [-0.3, -0.25) is 9.36 Å². The van der Waals surface area contributed by atoms with Gasteiger partial charge in [0.15, 0.2) is 11.0 Å². The van der Waals surface area contributed by atoms with Gasteiger partial charge in [-0.2, -0.15) is 0 Å². The first kappa shape index (κ1) is 24.1. The molecule has 4 rings (SSSR count). The van der Waals surface area contributed by atoms with Crippen molar-refractivity contribution in [3.8, 4) is 5.69 Å². The Morgan fingerprint density at radius 3 is 2.67 bits per heavy atom. The predicted octanol–water partition coefficient (Wildman–Crippen LogP) is 6.93. The van der Waals surface area contributed by atoms with Crippen LogP contribution in [-0.2, 0) is 10.5 Å². The minimum absolute atomic E-state index is 0.0758. The molecule has 3 aromatic rings. The lowest BCUT2D eigenvalue weighted by molar-refractivity contribution is -0.126. The zero-order valence-electron chi connectivity index (χ0n) is 18.9. The first-order chi connectivity index (χ1) is 15.9. The third-order valence-corrected chi connectivity index (χ3v) is 7.52. The smallest absolute Gasteiger partial charge is 0.223 e. The van der Waals surface area contributed by atoms with Crippen molar-refractivity contribution in [3.05, 3.63) is 69.5 Å². The zero-order valence-corrected chi connectivity index (χ0v) is 21.2. The minimum atomic E-state index is -0.313. The molecule has 1 fully saturated rings. The number of benzene rings is 2. The van der Waals surface area contributed by atoms with Crippen LogP contribution in [0.25, 0.3) is 5.69 Å². The van der Waals surface area contributed by atoms with Gasteiger partial charge >= 0.3 is 0 Å². The van der Waals surface area contributed by atoms with Gasteiger partial charge < -0.3 is 5.32 Å². The van der Waals surface area contributed by atoms with Gasteiger partial charge in [-0.25, -0.2) is 0 Å². The number of carbonyl (C=O) groups excluding carboxylic acids is 1. The first-order valence-corrected chi connectivity index (χ1v) is 13.1. The standard InChI is InChI=1S/C25H28Cl2N4OS/c1-16-7-6-8-18(13-16)15-33-25-30-29-23(31(25)22-12-11-20(26)14-21(22)27)17(2)28-24(32)19-9-4-3-5-10-19/h6-8,11-14,17,19H,3-5,9-10,15H2,1-2H3,(H,28,32). The van der Waals surface area contributed by atoms with Crippen LogP contribution in [0.15, 0.2) is 47.6 Å². The number of thioether (sulfide) groups is 1. The van der Waals surface area contributed by atoms with E-state index in [1.165, 1.54) is 17.5 Å². The maximum atomic E-state index is 12.9. The molecule has 33 heavy (non-hydrogen) atoms. The van der Waals surface area contributed by atoms with Crippen molar-refractivity contribution in [2.75, 3.05) is 0 Å². The van der Waals surface area contributed by atoms with Gasteiger partial charge in [0.05, 0.1) is 16.8 Å². The van der Waals surface area contributed by atoms with E-state index >= 15 is 0 Å². The Morgan fingerprint density at radius 2 is 1.94 bits per heavy atom. The van der Waals surface area contributed by atoms with Crippen LogP contribution in [-0.4, -0.2) is 20.7 Å². The highest BCUT2D eigenvalue weighted by molar-refractivity contribution is 7.98. The number of nitrogens with zero attached hydrogens (tertiary/aromatic N) is 3. The molecule has 0 saturated heterocycles. The van der Waals surface area contributed by atoms with Crippen LogP contribution < -0.4 is 5.32 Å². The Balaban J connectivity index is 1.62. The Morgan fingerprint density at radius 1 is 1.15 bits per heavy atom. The fourth-order valence-corrected chi connectivity index (χ4v) is 5.64. The van der Waals surface area contributed by atoms with Crippen molar-refractivity contribution in [2.45, 2.75) is 62.9 Å². The van der Waals surface area contributed by atoms with Gasteiger partial charge in [-0.05, 0) is 50.5 Å². The molecule has 1 unspecified atom stereocenters. The van der Waals surface area contributed by atoms with Gasteiger partial charge in [0, 0.05) is 16.7 Å². The number of aryl methyl sites for hydroxylation is 1. The summed E-state index contributed by atoms with van der Waals surface area (Å²) in [6, 6.07) is 13.5. The van der Waals surface area contributed by atoms with E-state index in [0.717, 1.165) is 42.3 Å². The zero-order chi connectivity index (χ0) is 23.4. The van der Waals surface area contributed by atoms with Crippen LogP contribution in [0.1, 0.15) is 62.0 Å². The second-order valence-corrected chi connectivity index (χ2v) is 10.4. The number of hydrogen-bond acceptors (Lipinski definition) is 4. The molecule has 174 valence electrons. The van der Waals surface area contributed by atoms with Gasteiger partial charge in [0.25, 0.3) is 0 Å². The summed E-state index contributed by atoms with van der Waals surface area (Å²) in [7, 11) is 0. The van der Waals surface area contributed by atoms with Gasteiger partial charge in [0.2, 0.25) is 5.91 Å². The maximum Gasteiger partial charge on any atom is 0.223 e. The predicted molar refractivity (Wildman–Crippen MR) is 135 cm³/mol. The summed E-state index contributed by atoms with van der Waals surface area (Å²) in [4.78, 5) is 12.9. The normalized spacial score (nSPS) is 15.4. The molecule has 8 heteroatoms. The quantitative estimate of drug-likeness (QED) is 0.355. The van der Waals surface area contributed by atoms with Crippen molar-refractivity contribution in [1.29, 1.82) is 0 Å². The summed E-state index contributed by atoms with van der Waals surface area (Å²) < 4.78 is 1.94. The number of carbonyl (C=O) groups is 1. The average Bonchev–Trinajstić information content (AvgIpc) is 3.22. The van der Waals surface area contributed by atoms with E-state index < -0.39 is 0 Å². The van der Waals surface area contributed by atoms with Crippen molar-refractivity contribution < 1.29 is 4.79 Å². The highest BCUT2D eigenvalue weighted by Gasteiger charge is 2.26. The SMILES string of the molecule is Cc1cccc(CSc2nnc(C(C)NC(=O)C3CCCCC3)n2-c2ccc(Cl)cc2Cl)c1. The first-order valence-electron chi connectivity index (χ1n) is 11.3. The largest absolute Gasteiger partial charge is 0.346 e. The van der Waals surface area contributed by atoms with Crippen LogP contribution in [0.3, 0.4) is 0 Å². The fourth-order valence-electron chi connectivity index (χ4n) is 4.25. The van der Waals surface area contributed by atoms with E-state index in [1.807, 2.05) is 17.6 Å². The summed E-state index contributed by atoms with van der Waals surface area (Å²) in [5.41, 5.74) is 3.17. The summed E-state index contributed by atoms with van der Waals surface area (Å²) >= 11 is 14.3. The molecule has 1 saturated carbocycles. The Hall–Kier alpha value is -2.02. The molecular weight excluding hydrogens is 475 g/mol. The number of hydrogen-bond donors (Lipinski definition) is 1. The lowest BCUT2D eigenvalue weighted by Crippen LogP contribution is -2.34. The molecule has 0 aliphatic heterocycles. The molecule has 1 aliphatic rings. The van der Waals surface area contributed by atoms with Crippen molar-refractivity contribution in [3.63, 3.8) is 0 Å². The van der Waals surface area contributed by atoms with Crippen molar-refractivity contribution in [2.24, 2.45) is 5.92 Å². The lowest BCUT2D eigenvalue weighted by Gasteiger charge is -2.23.